The van der Waals surface area contributed by atoms with Gasteiger partial charge in [0.2, 0.25) is 0 Å². The predicted octanol–water partition coefficient (Wildman–Crippen LogP) is 1.02. The van der Waals surface area contributed by atoms with E-state index in [2.05, 4.69) is 10.2 Å². The Balaban J connectivity index is 2.32. The number of anilines is 1. The zero-order valence-electron chi connectivity index (χ0n) is 11.6. The smallest absolute Gasteiger partial charge is 0.305 e. The van der Waals surface area contributed by atoms with Gasteiger partial charge in [0.1, 0.15) is 11.3 Å². The van der Waals surface area contributed by atoms with E-state index in [-0.39, 0.29) is 17.2 Å². The summed E-state index contributed by atoms with van der Waals surface area (Å²) in [5.74, 6) is -0.276. The highest BCUT2D eigenvalue weighted by Crippen LogP contribution is 2.29. The molecule has 7 nitrogen and oxygen atoms in total. The average molecular weight is 278 g/mol. The van der Waals surface area contributed by atoms with Gasteiger partial charge >= 0.3 is 5.69 Å². The minimum absolute atomic E-state index is 0.145. The van der Waals surface area contributed by atoms with E-state index in [1.807, 2.05) is 7.05 Å². The SMILES string of the molecule is CNc1cccc(C(=O)N2CCN(C)CC2)c1[N+](=O)[O-]. The third-order valence-corrected chi connectivity index (χ3v) is 3.51. The summed E-state index contributed by atoms with van der Waals surface area (Å²) in [4.78, 5) is 27.0. The number of nitro benzene ring substituents is 1. The van der Waals surface area contributed by atoms with E-state index in [9.17, 15) is 14.9 Å². The quantitative estimate of drug-likeness (QED) is 0.660. The van der Waals surface area contributed by atoms with E-state index in [1.165, 1.54) is 6.07 Å². The normalized spacial score (nSPS) is 16.0. The van der Waals surface area contributed by atoms with Gasteiger partial charge in [0, 0.05) is 33.2 Å². The molecule has 0 aliphatic carbocycles. The first-order valence-corrected chi connectivity index (χ1v) is 6.47. The van der Waals surface area contributed by atoms with Gasteiger partial charge in [0.05, 0.1) is 4.92 Å². The zero-order chi connectivity index (χ0) is 14.7. The Morgan fingerprint density at radius 3 is 2.50 bits per heavy atom. The largest absolute Gasteiger partial charge is 0.383 e. The van der Waals surface area contributed by atoms with Crippen LogP contribution in [-0.2, 0) is 0 Å². The number of amides is 1. The van der Waals surface area contributed by atoms with Crippen LogP contribution in [0, 0.1) is 10.1 Å². The van der Waals surface area contributed by atoms with Crippen LogP contribution in [0.25, 0.3) is 0 Å². The van der Waals surface area contributed by atoms with Crippen molar-refractivity contribution in [1.82, 2.24) is 9.80 Å². The molecule has 1 aliphatic rings. The minimum Gasteiger partial charge on any atom is -0.383 e. The van der Waals surface area contributed by atoms with Gasteiger partial charge in [-0.1, -0.05) is 6.07 Å². The lowest BCUT2D eigenvalue weighted by Gasteiger charge is -2.32. The van der Waals surface area contributed by atoms with Crippen molar-refractivity contribution < 1.29 is 9.72 Å². The lowest BCUT2D eigenvalue weighted by Crippen LogP contribution is -2.47. The van der Waals surface area contributed by atoms with E-state index in [0.29, 0.717) is 18.8 Å². The fourth-order valence-corrected chi connectivity index (χ4v) is 2.29. The first-order chi connectivity index (χ1) is 9.54. The third kappa shape index (κ3) is 2.72. The van der Waals surface area contributed by atoms with Crippen LogP contribution in [0.1, 0.15) is 10.4 Å². The van der Waals surface area contributed by atoms with Crippen LogP contribution in [0.3, 0.4) is 0 Å². The first-order valence-electron chi connectivity index (χ1n) is 6.47. The summed E-state index contributed by atoms with van der Waals surface area (Å²) in [5.41, 5.74) is 0.348. The van der Waals surface area contributed by atoms with Crippen molar-refractivity contribution in [3.05, 3.63) is 33.9 Å². The van der Waals surface area contributed by atoms with Crippen molar-refractivity contribution in [3.8, 4) is 0 Å². The van der Waals surface area contributed by atoms with Crippen molar-refractivity contribution in [2.75, 3.05) is 45.6 Å². The highest BCUT2D eigenvalue weighted by molar-refractivity contribution is 6.00. The molecule has 0 aromatic heterocycles. The summed E-state index contributed by atoms with van der Waals surface area (Å²) < 4.78 is 0. The molecule has 1 N–H and O–H groups in total. The number of nitrogens with one attached hydrogen (secondary N) is 1. The fraction of sp³-hybridized carbons (Fsp3) is 0.462. The Morgan fingerprint density at radius 2 is 1.95 bits per heavy atom. The number of benzene rings is 1. The number of nitro groups is 1. The van der Waals surface area contributed by atoms with Crippen molar-refractivity contribution in [2.45, 2.75) is 0 Å². The second-order valence-corrected chi connectivity index (χ2v) is 4.80. The summed E-state index contributed by atoms with van der Waals surface area (Å²) in [6, 6.07) is 4.76. The van der Waals surface area contributed by atoms with Crippen molar-refractivity contribution in [3.63, 3.8) is 0 Å². The second-order valence-electron chi connectivity index (χ2n) is 4.80. The van der Waals surface area contributed by atoms with Gasteiger partial charge in [-0.05, 0) is 19.2 Å². The molecule has 1 aromatic rings. The van der Waals surface area contributed by atoms with Gasteiger partial charge in [-0.2, -0.15) is 0 Å². The molecule has 0 radical (unpaired) electrons. The van der Waals surface area contributed by atoms with Crippen LogP contribution < -0.4 is 5.32 Å². The highest BCUT2D eigenvalue weighted by Gasteiger charge is 2.28. The van der Waals surface area contributed by atoms with Gasteiger partial charge in [0.25, 0.3) is 5.91 Å². The van der Waals surface area contributed by atoms with Crippen LogP contribution in [0.4, 0.5) is 11.4 Å². The molecule has 1 fully saturated rings. The summed E-state index contributed by atoms with van der Waals surface area (Å²) >= 11 is 0. The molecule has 2 rings (SSSR count). The monoisotopic (exact) mass is 278 g/mol. The Kier molecular flexibility index (Phi) is 4.19. The Hall–Kier alpha value is -2.15. The van der Waals surface area contributed by atoms with Gasteiger partial charge in [-0.3, -0.25) is 14.9 Å². The van der Waals surface area contributed by atoms with Crippen LogP contribution in [0.2, 0.25) is 0 Å². The highest BCUT2D eigenvalue weighted by atomic mass is 16.6. The number of nitrogens with zero attached hydrogens (tertiary/aromatic N) is 3. The van der Waals surface area contributed by atoms with Crippen LogP contribution in [0.5, 0.6) is 0 Å². The van der Waals surface area contributed by atoms with E-state index < -0.39 is 4.92 Å². The van der Waals surface area contributed by atoms with Gasteiger partial charge in [-0.25, -0.2) is 0 Å². The topological polar surface area (TPSA) is 78.7 Å². The summed E-state index contributed by atoms with van der Waals surface area (Å²) in [5, 5.41) is 14.0. The molecule has 1 aliphatic heterocycles. The lowest BCUT2D eigenvalue weighted by atomic mass is 10.1. The number of hydrogen-bond acceptors (Lipinski definition) is 5. The molecule has 108 valence electrons. The summed E-state index contributed by atoms with van der Waals surface area (Å²) in [6.45, 7) is 2.75. The van der Waals surface area contributed by atoms with Crippen LogP contribution in [-0.4, -0.2) is 60.9 Å². The van der Waals surface area contributed by atoms with Crippen LogP contribution in [0.15, 0.2) is 18.2 Å². The number of rotatable bonds is 3. The number of hydrogen-bond donors (Lipinski definition) is 1. The lowest BCUT2D eigenvalue weighted by molar-refractivity contribution is -0.384. The van der Waals surface area contributed by atoms with Gasteiger partial charge < -0.3 is 15.1 Å². The van der Waals surface area contributed by atoms with Gasteiger partial charge in [-0.15, -0.1) is 0 Å². The summed E-state index contributed by atoms with van der Waals surface area (Å²) in [7, 11) is 3.60. The molecule has 0 atom stereocenters. The maximum atomic E-state index is 12.5. The maximum Gasteiger partial charge on any atom is 0.305 e. The molecule has 0 saturated carbocycles. The molecule has 7 heteroatoms. The molecule has 0 bridgehead atoms. The predicted molar refractivity (Wildman–Crippen MR) is 76.0 cm³/mol. The Labute approximate surface area is 117 Å². The van der Waals surface area contributed by atoms with E-state index in [4.69, 9.17) is 0 Å². The minimum atomic E-state index is -0.505. The van der Waals surface area contributed by atoms with Crippen molar-refractivity contribution in [1.29, 1.82) is 0 Å². The molecule has 1 saturated heterocycles. The Morgan fingerprint density at radius 1 is 1.30 bits per heavy atom. The van der Waals surface area contributed by atoms with E-state index >= 15 is 0 Å². The number of likely N-dealkylation sites (N-methyl/N-ethyl adjacent to an activating group) is 1. The molecule has 20 heavy (non-hydrogen) atoms. The van der Waals surface area contributed by atoms with Gasteiger partial charge in [0.15, 0.2) is 0 Å². The zero-order valence-corrected chi connectivity index (χ0v) is 11.6. The van der Waals surface area contributed by atoms with E-state index in [0.717, 1.165) is 13.1 Å². The molecule has 0 spiro atoms. The number of para-hydroxylation sites is 1. The molecule has 1 heterocycles. The fourth-order valence-electron chi connectivity index (χ4n) is 2.29. The third-order valence-electron chi connectivity index (χ3n) is 3.51. The molecular weight excluding hydrogens is 260 g/mol. The number of carbonyl (C=O) groups excluding carboxylic acids is 1. The van der Waals surface area contributed by atoms with Crippen LogP contribution >= 0.6 is 0 Å². The average Bonchev–Trinajstić information content (AvgIpc) is 2.46. The summed E-state index contributed by atoms with van der Waals surface area (Å²) in [6.07, 6.45) is 0. The Bertz CT molecular complexity index is 524. The van der Waals surface area contributed by atoms with Crippen molar-refractivity contribution in [2.24, 2.45) is 0 Å². The van der Waals surface area contributed by atoms with E-state index in [1.54, 1.807) is 24.1 Å². The molecule has 1 aromatic carbocycles. The maximum absolute atomic E-state index is 12.5. The first kappa shape index (κ1) is 14.3. The standard InChI is InChI=1S/C13H18N4O3/c1-14-11-5-3-4-10(12(11)17(19)20)13(18)16-8-6-15(2)7-9-16/h3-5,14H,6-9H2,1-2H3. The second kappa shape index (κ2) is 5.87. The number of carbonyl (C=O) groups is 1. The molecular formula is C13H18N4O3. The molecule has 1 amide bonds. The van der Waals surface area contributed by atoms with Crippen molar-refractivity contribution >= 4 is 17.3 Å². The number of piperazine rings is 1. The molecule has 0 unspecified atom stereocenters.